The van der Waals surface area contributed by atoms with Crippen molar-refractivity contribution in [2.45, 2.75) is 32.4 Å². The zero-order valence-corrected chi connectivity index (χ0v) is 13.1. The fourth-order valence-electron chi connectivity index (χ4n) is 2.39. The number of nitrogens with zero attached hydrogens (tertiary/aromatic N) is 1. The molecule has 0 aliphatic carbocycles. The normalized spacial score (nSPS) is 18.2. The first kappa shape index (κ1) is 14.3. The van der Waals surface area contributed by atoms with E-state index >= 15 is 0 Å². The Kier molecular flexibility index (Phi) is 5.49. The smallest absolute Gasteiger partial charge is 0.0451 e. The van der Waals surface area contributed by atoms with Crippen LogP contribution in [-0.4, -0.2) is 30.6 Å². The molecule has 0 atom stereocenters. The van der Waals surface area contributed by atoms with E-state index in [1.54, 1.807) is 0 Å². The number of piperidine rings is 1. The second-order valence-corrected chi connectivity index (χ2v) is 6.15. The maximum Gasteiger partial charge on any atom is 0.0451 e. The van der Waals surface area contributed by atoms with Gasteiger partial charge in [0.15, 0.2) is 0 Å². The quantitative estimate of drug-likeness (QED) is 0.905. The zero-order valence-electron chi connectivity index (χ0n) is 10.8. The van der Waals surface area contributed by atoms with Crippen LogP contribution < -0.4 is 5.32 Å². The third kappa shape index (κ3) is 3.95. The van der Waals surface area contributed by atoms with Crippen LogP contribution in [0.15, 0.2) is 22.7 Å². The minimum atomic E-state index is 0.628. The molecule has 1 aromatic carbocycles. The Morgan fingerprint density at radius 2 is 2.11 bits per heavy atom. The van der Waals surface area contributed by atoms with Gasteiger partial charge in [0.25, 0.3) is 0 Å². The lowest BCUT2D eigenvalue weighted by atomic mass is 10.0. The van der Waals surface area contributed by atoms with Crippen LogP contribution in [0.1, 0.15) is 25.3 Å². The number of likely N-dealkylation sites (tertiary alicyclic amines) is 1. The maximum absolute atomic E-state index is 6.19. The molecule has 1 heterocycles. The van der Waals surface area contributed by atoms with Crippen molar-refractivity contribution in [2.75, 3.05) is 19.6 Å². The van der Waals surface area contributed by atoms with Crippen molar-refractivity contribution in [3.8, 4) is 0 Å². The molecule has 1 N–H and O–H groups in total. The van der Waals surface area contributed by atoms with Gasteiger partial charge in [0, 0.05) is 22.1 Å². The van der Waals surface area contributed by atoms with Gasteiger partial charge in [-0.15, -0.1) is 0 Å². The topological polar surface area (TPSA) is 15.3 Å². The lowest BCUT2D eigenvalue weighted by Gasteiger charge is -2.31. The molecule has 2 rings (SSSR count). The van der Waals surface area contributed by atoms with Gasteiger partial charge in [0.1, 0.15) is 0 Å². The Hall–Kier alpha value is -0.0900. The highest BCUT2D eigenvalue weighted by atomic mass is 79.9. The Balaban J connectivity index is 1.83. The molecule has 18 heavy (non-hydrogen) atoms. The summed E-state index contributed by atoms with van der Waals surface area (Å²) in [6.07, 6.45) is 2.47. The van der Waals surface area contributed by atoms with E-state index in [4.69, 9.17) is 11.6 Å². The molecule has 0 bridgehead atoms. The molecule has 2 nitrogen and oxygen atoms in total. The van der Waals surface area contributed by atoms with E-state index < -0.39 is 0 Å². The Labute approximate surface area is 123 Å². The largest absolute Gasteiger partial charge is 0.310 e. The highest BCUT2D eigenvalue weighted by Crippen LogP contribution is 2.21. The van der Waals surface area contributed by atoms with E-state index in [2.05, 4.69) is 39.1 Å². The van der Waals surface area contributed by atoms with Crippen molar-refractivity contribution < 1.29 is 0 Å². The number of rotatable bonds is 4. The second-order valence-electron chi connectivity index (χ2n) is 4.83. The van der Waals surface area contributed by atoms with Gasteiger partial charge in [-0.3, -0.25) is 0 Å². The zero-order chi connectivity index (χ0) is 13.0. The predicted molar refractivity (Wildman–Crippen MR) is 81.1 cm³/mol. The maximum atomic E-state index is 6.19. The molecule has 0 spiro atoms. The number of nitrogens with one attached hydrogen (secondary N) is 1. The van der Waals surface area contributed by atoms with Crippen LogP contribution >= 0.6 is 27.5 Å². The minimum Gasteiger partial charge on any atom is -0.310 e. The molecule has 0 aromatic heterocycles. The summed E-state index contributed by atoms with van der Waals surface area (Å²) in [5.41, 5.74) is 1.17. The SMILES string of the molecule is CCN1CCC(NCc2cc(Br)ccc2Cl)CC1. The molecule has 0 radical (unpaired) electrons. The standard InChI is InChI=1S/C14H20BrClN2/c1-2-18-7-5-13(6-8-18)17-10-11-9-12(15)3-4-14(11)16/h3-4,9,13,17H,2,5-8,10H2,1H3. The molecule has 1 saturated heterocycles. The monoisotopic (exact) mass is 330 g/mol. The Morgan fingerprint density at radius 3 is 2.78 bits per heavy atom. The van der Waals surface area contributed by atoms with Gasteiger partial charge in [-0.25, -0.2) is 0 Å². The number of hydrogen-bond donors (Lipinski definition) is 1. The van der Waals surface area contributed by atoms with E-state index in [1.165, 1.54) is 38.0 Å². The van der Waals surface area contributed by atoms with Crippen LogP contribution in [0, 0.1) is 0 Å². The first-order valence-electron chi connectivity index (χ1n) is 6.58. The van der Waals surface area contributed by atoms with Gasteiger partial charge in [-0.1, -0.05) is 34.5 Å². The van der Waals surface area contributed by atoms with Gasteiger partial charge in [-0.05, 0) is 56.2 Å². The average Bonchev–Trinajstić information content (AvgIpc) is 2.40. The summed E-state index contributed by atoms with van der Waals surface area (Å²) in [6.45, 7) is 6.68. The van der Waals surface area contributed by atoms with Gasteiger partial charge in [-0.2, -0.15) is 0 Å². The molecule has 100 valence electrons. The van der Waals surface area contributed by atoms with Crippen molar-refractivity contribution in [2.24, 2.45) is 0 Å². The second kappa shape index (κ2) is 6.90. The molecule has 1 aliphatic heterocycles. The van der Waals surface area contributed by atoms with Gasteiger partial charge in [0.05, 0.1) is 0 Å². The van der Waals surface area contributed by atoms with Crippen molar-refractivity contribution in [1.82, 2.24) is 10.2 Å². The van der Waals surface area contributed by atoms with Gasteiger partial charge < -0.3 is 10.2 Å². The van der Waals surface area contributed by atoms with E-state index in [9.17, 15) is 0 Å². The van der Waals surface area contributed by atoms with Crippen LogP contribution in [0.4, 0.5) is 0 Å². The lowest BCUT2D eigenvalue weighted by Crippen LogP contribution is -2.42. The average molecular weight is 332 g/mol. The van der Waals surface area contributed by atoms with E-state index in [0.717, 1.165) is 16.0 Å². The van der Waals surface area contributed by atoms with Crippen molar-refractivity contribution in [1.29, 1.82) is 0 Å². The van der Waals surface area contributed by atoms with Gasteiger partial charge >= 0.3 is 0 Å². The number of hydrogen-bond acceptors (Lipinski definition) is 2. The first-order valence-corrected chi connectivity index (χ1v) is 7.76. The minimum absolute atomic E-state index is 0.628. The van der Waals surface area contributed by atoms with E-state index in [1.807, 2.05) is 12.1 Å². The molecular formula is C14H20BrClN2. The molecule has 0 amide bonds. The molecule has 1 aliphatic rings. The summed E-state index contributed by atoms with van der Waals surface area (Å²) in [7, 11) is 0. The van der Waals surface area contributed by atoms with Gasteiger partial charge in [0.2, 0.25) is 0 Å². The van der Waals surface area contributed by atoms with Crippen molar-refractivity contribution >= 4 is 27.5 Å². The lowest BCUT2D eigenvalue weighted by molar-refractivity contribution is 0.206. The van der Waals surface area contributed by atoms with E-state index in [-0.39, 0.29) is 0 Å². The summed E-state index contributed by atoms with van der Waals surface area (Å²) in [6, 6.07) is 6.65. The molecule has 0 saturated carbocycles. The van der Waals surface area contributed by atoms with Crippen molar-refractivity contribution in [3.63, 3.8) is 0 Å². The molecular weight excluding hydrogens is 312 g/mol. The number of halogens is 2. The van der Waals surface area contributed by atoms with Crippen LogP contribution in [0.25, 0.3) is 0 Å². The van der Waals surface area contributed by atoms with Crippen LogP contribution in [0.5, 0.6) is 0 Å². The predicted octanol–water partition coefficient (Wildman–Crippen LogP) is 3.68. The highest BCUT2D eigenvalue weighted by molar-refractivity contribution is 9.10. The van der Waals surface area contributed by atoms with Crippen LogP contribution in [0.2, 0.25) is 5.02 Å². The van der Waals surface area contributed by atoms with Crippen molar-refractivity contribution in [3.05, 3.63) is 33.3 Å². The van der Waals surface area contributed by atoms with E-state index in [0.29, 0.717) is 6.04 Å². The molecule has 1 aromatic rings. The number of benzene rings is 1. The summed E-state index contributed by atoms with van der Waals surface area (Å²) in [5.74, 6) is 0. The molecule has 4 heteroatoms. The molecule has 1 fully saturated rings. The fourth-order valence-corrected chi connectivity index (χ4v) is 2.98. The summed E-state index contributed by atoms with van der Waals surface area (Å²) in [5, 5.41) is 4.46. The first-order chi connectivity index (χ1) is 8.69. The van der Waals surface area contributed by atoms with Crippen LogP contribution in [-0.2, 0) is 6.54 Å². The third-order valence-corrected chi connectivity index (χ3v) is 4.49. The molecule has 0 unspecified atom stereocenters. The summed E-state index contributed by atoms with van der Waals surface area (Å²) >= 11 is 9.68. The third-order valence-electron chi connectivity index (χ3n) is 3.62. The van der Waals surface area contributed by atoms with Crippen LogP contribution in [0.3, 0.4) is 0 Å². The highest BCUT2D eigenvalue weighted by Gasteiger charge is 2.17. The fraction of sp³-hybridized carbons (Fsp3) is 0.571. The Bertz CT molecular complexity index is 389. The summed E-state index contributed by atoms with van der Waals surface area (Å²) < 4.78 is 1.09. The summed E-state index contributed by atoms with van der Waals surface area (Å²) in [4.78, 5) is 2.50. The Morgan fingerprint density at radius 1 is 1.39 bits per heavy atom.